The molecule has 0 spiro atoms. The van der Waals surface area contributed by atoms with Gasteiger partial charge in [0.2, 0.25) is 0 Å². The van der Waals surface area contributed by atoms with E-state index in [1.807, 2.05) is 0 Å². The first-order valence-corrected chi connectivity index (χ1v) is 5.36. The molecule has 0 aliphatic rings. The largest absolute Gasteiger partial charge is 0.310 e. The van der Waals surface area contributed by atoms with Crippen molar-refractivity contribution in [3.8, 4) is 0 Å². The van der Waals surface area contributed by atoms with Crippen molar-refractivity contribution in [3.63, 3.8) is 0 Å². The third-order valence-corrected chi connectivity index (χ3v) is 2.47. The molecule has 0 saturated heterocycles. The zero-order valence-electron chi connectivity index (χ0n) is 7.76. The monoisotopic (exact) mass is 242 g/mol. The molecule has 1 N–H and O–H groups in total. The molecular weight excluding hydrogens is 235 g/mol. The molecule has 0 unspecified atom stereocenters. The molecule has 0 atom stereocenters. The molecule has 1 heterocycles. The number of nitrogens with one attached hydrogen (secondary N) is 1. The summed E-state index contributed by atoms with van der Waals surface area (Å²) in [6.45, 7) is 0. The third kappa shape index (κ3) is 2.13. The molecule has 2 aromatic rings. The number of H-pyrrole nitrogens is 1. The lowest BCUT2D eigenvalue weighted by Gasteiger charge is -2.00. The fourth-order valence-electron chi connectivity index (χ4n) is 1.37. The van der Waals surface area contributed by atoms with E-state index < -0.39 is 0 Å². The van der Waals surface area contributed by atoms with Gasteiger partial charge >= 0.3 is 0 Å². The highest BCUT2D eigenvalue weighted by molar-refractivity contribution is 6.31. The molecular formula is C10H8Cl2N2O. The van der Waals surface area contributed by atoms with Crippen LogP contribution < -0.4 is 5.56 Å². The zero-order chi connectivity index (χ0) is 10.8. The summed E-state index contributed by atoms with van der Waals surface area (Å²) in [4.78, 5) is 18.6. The number of hydrogen-bond acceptors (Lipinski definition) is 2. The van der Waals surface area contributed by atoms with Gasteiger partial charge in [0.15, 0.2) is 0 Å². The highest BCUT2D eigenvalue weighted by Crippen LogP contribution is 2.14. The number of alkyl halides is 1. The quantitative estimate of drug-likeness (QED) is 0.823. The van der Waals surface area contributed by atoms with Crippen LogP contribution in [0.2, 0.25) is 5.02 Å². The van der Waals surface area contributed by atoms with Crippen LogP contribution >= 0.6 is 23.2 Å². The van der Waals surface area contributed by atoms with Crippen LogP contribution in [0.3, 0.4) is 0 Å². The number of halogens is 2. The maximum atomic E-state index is 11.6. The van der Waals surface area contributed by atoms with Crippen LogP contribution in [-0.4, -0.2) is 15.8 Å². The molecule has 15 heavy (non-hydrogen) atoms. The summed E-state index contributed by atoms with van der Waals surface area (Å²) < 4.78 is 0. The molecule has 1 aromatic heterocycles. The standard InChI is InChI=1S/C10H8Cl2N2O/c11-4-3-9-13-8-2-1-6(12)5-7(8)10(15)14-9/h1-2,5H,3-4H2,(H,13,14,15). The van der Waals surface area contributed by atoms with Gasteiger partial charge in [-0.2, -0.15) is 0 Å². The Morgan fingerprint density at radius 3 is 2.93 bits per heavy atom. The number of aromatic nitrogens is 2. The summed E-state index contributed by atoms with van der Waals surface area (Å²) in [6.07, 6.45) is 0.551. The Kier molecular flexibility index (Phi) is 2.93. The molecule has 0 radical (unpaired) electrons. The molecule has 0 amide bonds. The van der Waals surface area contributed by atoms with Crippen molar-refractivity contribution in [1.82, 2.24) is 9.97 Å². The van der Waals surface area contributed by atoms with Crippen molar-refractivity contribution >= 4 is 34.1 Å². The summed E-state index contributed by atoms with van der Waals surface area (Å²) in [7, 11) is 0. The number of aryl methyl sites for hydroxylation is 1. The predicted octanol–water partition coefficient (Wildman–Crippen LogP) is 2.36. The maximum absolute atomic E-state index is 11.6. The van der Waals surface area contributed by atoms with Gasteiger partial charge in [0.05, 0.1) is 10.9 Å². The number of aromatic amines is 1. The summed E-state index contributed by atoms with van der Waals surface area (Å²) in [5.41, 5.74) is 0.464. The second-order valence-corrected chi connectivity index (χ2v) is 3.93. The van der Waals surface area contributed by atoms with Gasteiger partial charge in [0.1, 0.15) is 5.82 Å². The van der Waals surface area contributed by atoms with Crippen molar-refractivity contribution in [3.05, 3.63) is 39.4 Å². The average Bonchev–Trinajstić information content (AvgIpc) is 2.20. The van der Waals surface area contributed by atoms with Gasteiger partial charge in [-0.1, -0.05) is 11.6 Å². The first kappa shape index (κ1) is 10.5. The maximum Gasteiger partial charge on any atom is 0.258 e. The van der Waals surface area contributed by atoms with Crippen molar-refractivity contribution in [2.24, 2.45) is 0 Å². The Balaban J connectivity index is 2.67. The molecule has 78 valence electrons. The smallest absolute Gasteiger partial charge is 0.258 e. The van der Waals surface area contributed by atoms with E-state index in [2.05, 4.69) is 9.97 Å². The Morgan fingerprint density at radius 1 is 1.40 bits per heavy atom. The summed E-state index contributed by atoms with van der Waals surface area (Å²) in [5.74, 6) is 1.03. The first-order chi connectivity index (χ1) is 7.20. The molecule has 0 fully saturated rings. The lowest BCUT2D eigenvalue weighted by Crippen LogP contribution is -2.12. The highest BCUT2D eigenvalue weighted by Gasteiger charge is 2.03. The van der Waals surface area contributed by atoms with E-state index in [0.29, 0.717) is 34.1 Å². The van der Waals surface area contributed by atoms with Crippen LogP contribution in [0.4, 0.5) is 0 Å². The van der Waals surface area contributed by atoms with E-state index in [9.17, 15) is 4.79 Å². The molecule has 0 bridgehead atoms. The van der Waals surface area contributed by atoms with Crippen molar-refractivity contribution in [2.45, 2.75) is 6.42 Å². The van der Waals surface area contributed by atoms with Gasteiger partial charge in [0, 0.05) is 17.3 Å². The lowest BCUT2D eigenvalue weighted by atomic mass is 10.2. The first-order valence-electron chi connectivity index (χ1n) is 4.45. The molecule has 0 aliphatic heterocycles. The van der Waals surface area contributed by atoms with Gasteiger partial charge in [0.25, 0.3) is 5.56 Å². The predicted molar refractivity (Wildman–Crippen MR) is 61.8 cm³/mol. The van der Waals surface area contributed by atoms with Crippen molar-refractivity contribution in [1.29, 1.82) is 0 Å². The van der Waals surface area contributed by atoms with E-state index in [1.165, 1.54) is 0 Å². The minimum atomic E-state index is -0.178. The second-order valence-electron chi connectivity index (χ2n) is 3.11. The minimum Gasteiger partial charge on any atom is -0.310 e. The van der Waals surface area contributed by atoms with Crippen LogP contribution in [0, 0.1) is 0 Å². The fraction of sp³-hybridized carbons (Fsp3) is 0.200. The zero-order valence-corrected chi connectivity index (χ0v) is 9.27. The normalized spacial score (nSPS) is 10.8. The van der Waals surface area contributed by atoms with Crippen LogP contribution in [0.15, 0.2) is 23.0 Å². The lowest BCUT2D eigenvalue weighted by molar-refractivity contribution is 0.949. The van der Waals surface area contributed by atoms with E-state index in [0.717, 1.165) is 0 Å². The van der Waals surface area contributed by atoms with Gasteiger partial charge in [-0.25, -0.2) is 4.98 Å². The number of hydrogen-bond donors (Lipinski definition) is 1. The Hall–Kier alpha value is -1.06. The van der Waals surface area contributed by atoms with Gasteiger partial charge in [-0.3, -0.25) is 4.79 Å². The summed E-state index contributed by atoms with van der Waals surface area (Å²) >= 11 is 11.4. The molecule has 3 nitrogen and oxygen atoms in total. The molecule has 2 rings (SSSR count). The minimum absolute atomic E-state index is 0.178. The number of nitrogens with zero attached hydrogens (tertiary/aromatic N) is 1. The molecule has 5 heteroatoms. The fourth-order valence-corrected chi connectivity index (χ4v) is 1.72. The highest BCUT2D eigenvalue weighted by atomic mass is 35.5. The van der Waals surface area contributed by atoms with Gasteiger partial charge in [-0.15, -0.1) is 11.6 Å². The number of rotatable bonds is 2. The van der Waals surface area contributed by atoms with Gasteiger partial charge < -0.3 is 4.98 Å². The Labute approximate surface area is 96.1 Å². The van der Waals surface area contributed by atoms with E-state index >= 15 is 0 Å². The van der Waals surface area contributed by atoms with Crippen LogP contribution in [0.25, 0.3) is 10.9 Å². The Bertz CT molecular complexity index is 551. The number of fused-ring (bicyclic) bond motifs is 1. The van der Waals surface area contributed by atoms with E-state index in [4.69, 9.17) is 23.2 Å². The summed E-state index contributed by atoms with van der Waals surface area (Å²) in [6, 6.07) is 5.04. The number of benzene rings is 1. The van der Waals surface area contributed by atoms with Crippen LogP contribution in [-0.2, 0) is 6.42 Å². The van der Waals surface area contributed by atoms with Crippen LogP contribution in [0.5, 0.6) is 0 Å². The van der Waals surface area contributed by atoms with Gasteiger partial charge in [-0.05, 0) is 18.2 Å². The molecule has 0 saturated carbocycles. The molecule has 0 aliphatic carbocycles. The molecule has 1 aromatic carbocycles. The van der Waals surface area contributed by atoms with Crippen LogP contribution in [0.1, 0.15) is 5.82 Å². The van der Waals surface area contributed by atoms with Crippen molar-refractivity contribution in [2.75, 3.05) is 5.88 Å². The van der Waals surface area contributed by atoms with E-state index in [1.54, 1.807) is 18.2 Å². The SMILES string of the molecule is O=c1[nH]c(CCCl)nc2ccc(Cl)cc12. The Morgan fingerprint density at radius 2 is 2.20 bits per heavy atom. The average molecular weight is 243 g/mol. The second kappa shape index (κ2) is 4.21. The van der Waals surface area contributed by atoms with Crippen molar-refractivity contribution < 1.29 is 0 Å². The summed E-state index contributed by atoms with van der Waals surface area (Å²) in [5, 5.41) is 1.03. The third-order valence-electron chi connectivity index (χ3n) is 2.05. The topological polar surface area (TPSA) is 45.8 Å². The van der Waals surface area contributed by atoms with E-state index in [-0.39, 0.29) is 5.56 Å².